The van der Waals surface area contributed by atoms with Crippen LogP contribution >= 0.6 is 0 Å². The van der Waals surface area contributed by atoms with Crippen molar-refractivity contribution in [1.29, 1.82) is 0 Å². The summed E-state index contributed by atoms with van der Waals surface area (Å²) in [5.41, 5.74) is -2.17. The largest absolute Gasteiger partial charge is 0.417 e. The Bertz CT molecular complexity index is 1640. The summed E-state index contributed by atoms with van der Waals surface area (Å²) >= 11 is 0. The zero-order valence-electron chi connectivity index (χ0n) is 22.0. The topological polar surface area (TPSA) is 59.4 Å². The van der Waals surface area contributed by atoms with E-state index in [4.69, 9.17) is 4.74 Å². The summed E-state index contributed by atoms with van der Waals surface area (Å²) in [5.74, 6) is -1.16. The van der Waals surface area contributed by atoms with E-state index in [1.807, 2.05) is 13.8 Å². The number of alkyl halides is 3. The predicted octanol–water partition coefficient (Wildman–Crippen LogP) is 6.74. The number of pyridine rings is 2. The van der Waals surface area contributed by atoms with Crippen LogP contribution in [0.25, 0.3) is 16.7 Å². The average Bonchev–Trinajstić information content (AvgIpc) is 3.03. The van der Waals surface area contributed by atoms with E-state index in [9.17, 15) is 26.7 Å². The molecule has 0 bridgehead atoms. The van der Waals surface area contributed by atoms with Crippen molar-refractivity contribution in [1.82, 2.24) is 9.55 Å². The summed E-state index contributed by atoms with van der Waals surface area (Å²) in [6.45, 7) is 5.70. The van der Waals surface area contributed by atoms with Gasteiger partial charge in [0.05, 0.1) is 28.8 Å². The highest BCUT2D eigenvalue weighted by molar-refractivity contribution is 5.88. The number of rotatable bonds is 4. The van der Waals surface area contributed by atoms with Crippen LogP contribution < -0.4 is 15.6 Å². The van der Waals surface area contributed by atoms with Gasteiger partial charge in [-0.1, -0.05) is 12.1 Å². The minimum Gasteiger partial charge on any atom is -0.374 e. The van der Waals surface area contributed by atoms with Crippen LogP contribution in [0.3, 0.4) is 0 Å². The molecule has 1 N–H and O–H groups in total. The third-order valence-electron chi connectivity index (χ3n) is 6.86. The molecule has 4 aromatic rings. The Kier molecular flexibility index (Phi) is 7.26. The Morgan fingerprint density at radius 1 is 1.00 bits per heavy atom. The van der Waals surface area contributed by atoms with Crippen LogP contribution in [-0.4, -0.2) is 34.8 Å². The second-order valence-electron chi connectivity index (χ2n) is 9.97. The van der Waals surface area contributed by atoms with Gasteiger partial charge >= 0.3 is 6.18 Å². The van der Waals surface area contributed by atoms with Crippen molar-refractivity contribution in [3.05, 3.63) is 87.6 Å². The van der Waals surface area contributed by atoms with Crippen LogP contribution in [0.4, 0.5) is 39.3 Å². The molecule has 1 aliphatic heterocycles. The number of nitrogens with one attached hydrogen (secondary N) is 1. The van der Waals surface area contributed by atoms with E-state index >= 15 is 0 Å². The molecule has 0 aliphatic carbocycles. The van der Waals surface area contributed by atoms with Gasteiger partial charge in [-0.2, -0.15) is 13.2 Å². The Balaban J connectivity index is 1.87. The first-order valence-electron chi connectivity index (χ1n) is 12.8. The maximum Gasteiger partial charge on any atom is 0.417 e. The molecule has 1 aliphatic rings. The van der Waals surface area contributed by atoms with Crippen LogP contribution in [0, 0.1) is 18.6 Å². The van der Waals surface area contributed by atoms with Gasteiger partial charge in [0, 0.05) is 30.4 Å². The lowest BCUT2D eigenvalue weighted by molar-refractivity contribution is -0.136. The molecule has 11 heteroatoms. The maximum atomic E-state index is 14.7. The number of nitrogens with zero attached hydrogens (tertiary/aromatic N) is 3. The summed E-state index contributed by atoms with van der Waals surface area (Å²) in [6, 6.07) is 11.5. The molecular weight excluding hydrogens is 531 g/mol. The third kappa shape index (κ3) is 5.38. The molecule has 210 valence electrons. The summed E-state index contributed by atoms with van der Waals surface area (Å²) in [7, 11) is 0. The molecule has 0 amide bonds. The summed E-state index contributed by atoms with van der Waals surface area (Å²) in [5, 5.41) is 2.26. The van der Waals surface area contributed by atoms with E-state index in [1.54, 1.807) is 4.90 Å². The highest BCUT2D eigenvalue weighted by Gasteiger charge is 2.39. The van der Waals surface area contributed by atoms with Crippen molar-refractivity contribution >= 4 is 28.4 Å². The first kappa shape index (κ1) is 27.6. The Morgan fingerprint density at radius 3 is 2.38 bits per heavy atom. The standard InChI is InChI=1S/C29H27F5N4O2/c1-16-10-11-37(15-17(2)40-16)27-18(3)26(29(32,33)34)25-23(39)14-24(35-21-8-4-6-19(30)12-21)38(28(25)36-27)22-9-5-7-20(31)13-22/h4-9,12-14,16-17,35H,10-11,15H2,1-3H3. The van der Waals surface area contributed by atoms with Gasteiger partial charge in [0.1, 0.15) is 23.3 Å². The maximum absolute atomic E-state index is 14.7. The van der Waals surface area contributed by atoms with E-state index in [0.29, 0.717) is 13.0 Å². The number of hydrogen-bond acceptors (Lipinski definition) is 5. The van der Waals surface area contributed by atoms with E-state index in [1.165, 1.54) is 54.0 Å². The fourth-order valence-corrected chi connectivity index (χ4v) is 5.21. The Hall–Kier alpha value is -3.99. The smallest absolute Gasteiger partial charge is 0.374 e. The van der Waals surface area contributed by atoms with E-state index in [2.05, 4.69) is 10.3 Å². The highest BCUT2D eigenvalue weighted by atomic mass is 19.4. The predicted molar refractivity (Wildman–Crippen MR) is 144 cm³/mol. The van der Waals surface area contributed by atoms with Crippen LogP contribution in [0.1, 0.15) is 31.4 Å². The van der Waals surface area contributed by atoms with Crippen molar-refractivity contribution in [3.8, 4) is 5.69 Å². The summed E-state index contributed by atoms with van der Waals surface area (Å²) < 4.78 is 79.5. The number of ether oxygens (including phenoxy) is 1. The second-order valence-corrected chi connectivity index (χ2v) is 9.97. The average molecular weight is 559 g/mol. The minimum atomic E-state index is -4.89. The number of fused-ring (bicyclic) bond motifs is 1. The van der Waals surface area contributed by atoms with Crippen molar-refractivity contribution in [3.63, 3.8) is 0 Å². The number of anilines is 3. The van der Waals surface area contributed by atoms with E-state index < -0.39 is 34.2 Å². The lowest BCUT2D eigenvalue weighted by Gasteiger charge is -2.28. The molecule has 5 rings (SSSR count). The molecule has 1 fully saturated rings. The molecular formula is C29H27F5N4O2. The molecule has 0 saturated carbocycles. The van der Waals surface area contributed by atoms with Crippen molar-refractivity contribution < 1.29 is 26.7 Å². The molecule has 6 nitrogen and oxygen atoms in total. The Labute approximate surface area is 227 Å². The van der Waals surface area contributed by atoms with Gasteiger partial charge in [0.25, 0.3) is 0 Å². The second kappa shape index (κ2) is 10.5. The van der Waals surface area contributed by atoms with Gasteiger partial charge in [0.15, 0.2) is 11.1 Å². The lowest BCUT2D eigenvalue weighted by atomic mass is 10.0. The number of hydrogen-bond donors (Lipinski definition) is 1. The number of benzene rings is 2. The van der Waals surface area contributed by atoms with Gasteiger partial charge in [-0.05, 0) is 63.6 Å². The minimum absolute atomic E-state index is 0.00897. The molecule has 1 saturated heterocycles. The Morgan fingerprint density at radius 2 is 1.70 bits per heavy atom. The lowest BCUT2D eigenvalue weighted by Crippen LogP contribution is -2.32. The van der Waals surface area contributed by atoms with Crippen LogP contribution in [-0.2, 0) is 10.9 Å². The number of halogens is 5. The van der Waals surface area contributed by atoms with Crippen LogP contribution in [0.15, 0.2) is 59.4 Å². The highest BCUT2D eigenvalue weighted by Crippen LogP contribution is 2.40. The van der Waals surface area contributed by atoms with Gasteiger partial charge < -0.3 is 15.0 Å². The van der Waals surface area contributed by atoms with Crippen molar-refractivity contribution in [2.45, 2.75) is 45.6 Å². The normalized spacial score (nSPS) is 18.1. The molecule has 0 spiro atoms. The van der Waals surface area contributed by atoms with Crippen molar-refractivity contribution in [2.75, 3.05) is 23.3 Å². The van der Waals surface area contributed by atoms with E-state index in [-0.39, 0.29) is 53.0 Å². The summed E-state index contributed by atoms with van der Waals surface area (Å²) in [4.78, 5) is 19.8. The summed E-state index contributed by atoms with van der Waals surface area (Å²) in [6.07, 6.45) is -4.72. The zero-order valence-corrected chi connectivity index (χ0v) is 22.0. The first-order chi connectivity index (χ1) is 18.9. The monoisotopic (exact) mass is 558 g/mol. The van der Waals surface area contributed by atoms with E-state index in [0.717, 1.165) is 12.1 Å². The molecule has 2 unspecified atom stereocenters. The van der Waals surface area contributed by atoms with Gasteiger partial charge in [-0.25, -0.2) is 13.8 Å². The fourth-order valence-electron chi connectivity index (χ4n) is 5.21. The van der Waals surface area contributed by atoms with Crippen molar-refractivity contribution in [2.24, 2.45) is 0 Å². The van der Waals surface area contributed by atoms with Gasteiger partial charge in [-0.15, -0.1) is 0 Å². The quantitative estimate of drug-likeness (QED) is 0.281. The molecule has 2 atom stereocenters. The number of aromatic nitrogens is 2. The first-order valence-corrected chi connectivity index (χ1v) is 12.8. The van der Waals surface area contributed by atoms with Crippen LogP contribution in [0.5, 0.6) is 0 Å². The fraction of sp³-hybridized carbons (Fsp3) is 0.310. The molecule has 3 heterocycles. The molecule has 2 aromatic carbocycles. The van der Waals surface area contributed by atoms with Gasteiger partial charge in [0.2, 0.25) is 0 Å². The van der Waals surface area contributed by atoms with Gasteiger partial charge in [-0.3, -0.25) is 9.36 Å². The molecule has 0 radical (unpaired) electrons. The SMILES string of the molecule is Cc1c(N2CCC(C)OC(C)C2)nc2c(c1C(F)(F)F)c(=O)cc(Nc1cccc(F)c1)n2-c1cccc(F)c1. The molecule has 2 aromatic heterocycles. The third-order valence-corrected chi connectivity index (χ3v) is 6.86. The molecule has 40 heavy (non-hydrogen) atoms. The van der Waals surface area contributed by atoms with Crippen LogP contribution in [0.2, 0.25) is 0 Å². The zero-order chi connectivity index (χ0) is 28.8.